The van der Waals surface area contributed by atoms with E-state index in [0.29, 0.717) is 23.9 Å². The summed E-state index contributed by atoms with van der Waals surface area (Å²) in [7, 11) is 0. The van der Waals surface area contributed by atoms with E-state index in [9.17, 15) is 9.90 Å². The molecule has 5 heteroatoms. The van der Waals surface area contributed by atoms with Gasteiger partial charge >= 0.3 is 0 Å². The Kier molecular flexibility index (Phi) is 5.58. The lowest BCUT2D eigenvalue weighted by molar-refractivity contribution is -0.148. The van der Waals surface area contributed by atoms with E-state index in [2.05, 4.69) is 6.92 Å². The smallest absolute Gasteiger partial charge is 0.266 e. The van der Waals surface area contributed by atoms with Crippen LogP contribution >= 0.6 is 11.6 Å². The zero-order chi connectivity index (χ0) is 17.1. The van der Waals surface area contributed by atoms with Crippen molar-refractivity contribution in [2.45, 2.75) is 45.6 Å². The minimum Gasteiger partial charge on any atom is -0.478 e. The molecule has 0 aliphatic carbocycles. The standard InChI is InChI=1S/C18H26ClNO3/c1-4-18(13-21)8-10-20(11-9-18)16(22)17(2,3)23-15-7-5-6-14(19)12-15/h5-7,12,21H,4,8-11,13H2,1-3H3. The number of halogens is 1. The molecule has 23 heavy (non-hydrogen) atoms. The summed E-state index contributed by atoms with van der Waals surface area (Å²) >= 11 is 5.97. The first-order chi connectivity index (χ1) is 10.8. The number of aliphatic hydroxyl groups is 1. The van der Waals surface area contributed by atoms with Crippen molar-refractivity contribution in [1.82, 2.24) is 4.90 Å². The maximum atomic E-state index is 12.8. The molecule has 2 rings (SSSR count). The summed E-state index contributed by atoms with van der Waals surface area (Å²) in [6.45, 7) is 7.17. The highest BCUT2D eigenvalue weighted by atomic mass is 35.5. The second kappa shape index (κ2) is 7.10. The molecule has 0 radical (unpaired) electrons. The van der Waals surface area contributed by atoms with Gasteiger partial charge in [0.15, 0.2) is 5.60 Å². The van der Waals surface area contributed by atoms with E-state index in [0.717, 1.165) is 19.3 Å². The molecule has 1 aromatic rings. The summed E-state index contributed by atoms with van der Waals surface area (Å²) in [5, 5.41) is 10.2. The predicted octanol–water partition coefficient (Wildman–Crippen LogP) is 3.51. The number of piperidine rings is 1. The van der Waals surface area contributed by atoms with Crippen LogP contribution in [0.5, 0.6) is 5.75 Å². The molecule has 4 nitrogen and oxygen atoms in total. The highest BCUT2D eigenvalue weighted by molar-refractivity contribution is 6.30. The second-order valence-electron chi connectivity index (χ2n) is 6.87. The molecule has 1 aliphatic rings. The molecule has 0 atom stereocenters. The topological polar surface area (TPSA) is 49.8 Å². The third kappa shape index (κ3) is 4.18. The third-order valence-electron chi connectivity index (χ3n) is 4.88. The minimum atomic E-state index is -0.948. The van der Waals surface area contributed by atoms with E-state index in [4.69, 9.17) is 16.3 Å². The first kappa shape index (κ1) is 18.1. The Morgan fingerprint density at radius 2 is 2.04 bits per heavy atom. The van der Waals surface area contributed by atoms with Crippen LogP contribution < -0.4 is 4.74 Å². The molecule has 0 spiro atoms. The molecule has 1 aromatic carbocycles. The quantitative estimate of drug-likeness (QED) is 0.893. The Hall–Kier alpha value is -1.26. The Balaban J connectivity index is 2.02. The lowest BCUT2D eigenvalue weighted by Crippen LogP contribution is -2.53. The molecule has 0 aromatic heterocycles. The maximum Gasteiger partial charge on any atom is 0.266 e. The monoisotopic (exact) mass is 339 g/mol. The fourth-order valence-electron chi connectivity index (χ4n) is 3.06. The third-order valence-corrected chi connectivity index (χ3v) is 5.12. The van der Waals surface area contributed by atoms with Crippen molar-refractivity contribution in [3.63, 3.8) is 0 Å². The van der Waals surface area contributed by atoms with Crippen molar-refractivity contribution in [3.05, 3.63) is 29.3 Å². The van der Waals surface area contributed by atoms with E-state index >= 15 is 0 Å². The maximum absolute atomic E-state index is 12.8. The molecule has 0 saturated carbocycles. The number of hydrogen-bond acceptors (Lipinski definition) is 3. The zero-order valence-corrected chi connectivity index (χ0v) is 14.9. The van der Waals surface area contributed by atoms with Crippen molar-refractivity contribution in [2.75, 3.05) is 19.7 Å². The van der Waals surface area contributed by atoms with Gasteiger partial charge in [-0.1, -0.05) is 24.6 Å². The van der Waals surface area contributed by atoms with Gasteiger partial charge in [-0.05, 0) is 56.7 Å². The number of ether oxygens (including phenoxy) is 1. The number of amides is 1. The molecule has 1 fully saturated rings. The first-order valence-electron chi connectivity index (χ1n) is 8.17. The van der Waals surface area contributed by atoms with Crippen LogP contribution in [0.25, 0.3) is 0 Å². The molecule has 1 aliphatic heterocycles. The summed E-state index contributed by atoms with van der Waals surface area (Å²) < 4.78 is 5.88. The summed E-state index contributed by atoms with van der Waals surface area (Å²) in [6.07, 6.45) is 2.60. The van der Waals surface area contributed by atoms with Crippen LogP contribution in [0.2, 0.25) is 5.02 Å². The molecule has 1 heterocycles. The molecule has 128 valence electrons. The first-order valence-corrected chi connectivity index (χ1v) is 8.54. The summed E-state index contributed by atoms with van der Waals surface area (Å²) in [5.41, 5.74) is -0.981. The average Bonchev–Trinajstić information content (AvgIpc) is 2.54. The largest absolute Gasteiger partial charge is 0.478 e. The van der Waals surface area contributed by atoms with Gasteiger partial charge in [-0.25, -0.2) is 0 Å². The van der Waals surface area contributed by atoms with E-state index < -0.39 is 5.60 Å². The normalized spacial score (nSPS) is 17.9. The van der Waals surface area contributed by atoms with Crippen LogP contribution in [0.15, 0.2) is 24.3 Å². The number of benzene rings is 1. The van der Waals surface area contributed by atoms with Gasteiger partial charge in [0.25, 0.3) is 5.91 Å². The number of carbonyl (C=O) groups excluding carboxylic acids is 1. The van der Waals surface area contributed by atoms with Gasteiger partial charge in [0.05, 0.1) is 0 Å². The van der Waals surface area contributed by atoms with Gasteiger partial charge in [0.1, 0.15) is 5.75 Å². The fourth-order valence-corrected chi connectivity index (χ4v) is 3.24. The highest BCUT2D eigenvalue weighted by Gasteiger charge is 2.39. The molecule has 0 unspecified atom stereocenters. The van der Waals surface area contributed by atoms with Crippen molar-refractivity contribution >= 4 is 17.5 Å². The molecule has 1 N–H and O–H groups in total. The summed E-state index contributed by atoms with van der Waals surface area (Å²) in [6, 6.07) is 7.08. The number of likely N-dealkylation sites (tertiary alicyclic amines) is 1. The van der Waals surface area contributed by atoms with Crippen LogP contribution in [0.4, 0.5) is 0 Å². The van der Waals surface area contributed by atoms with Crippen LogP contribution in [0, 0.1) is 5.41 Å². The van der Waals surface area contributed by atoms with Crippen LogP contribution in [0.3, 0.4) is 0 Å². The number of rotatable bonds is 5. The van der Waals surface area contributed by atoms with E-state index in [-0.39, 0.29) is 17.9 Å². The minimum absolute atomic E-state index is 0.0277. The molecular formula is C18H26ClNO3. The lowest BCUT2D eigenvalue weighted by Gasteiger charge is -2.42. The Morgan fingerprint density at radius 3 is 2.57 bits per heavy atom. The molecule has 1 amide bonds. The fraction of sp³-hybridized carbons (Fsp3) is 0.611. The Labute approximate surface area is 143 Å². The van der Waals surface area contributed by atoms with Crippen molar-refractivity contribution in [3.8, 4) is 5.75 Å². The predicted molar refractivity (Wildman–Crippen MR) is 91.8 cm³/mol. The van der Waals surface area contributed by atoms with Gasteiger partial charge < -0.3 is 14.7 Å². The van der Waals surface area contributed by atoms with Gasteiger partial charge in [-0.2, -0.15) is 0 Å². The number of hydrogen-bond donors (Lipinski definition) is 1. The van der Waals surface area contributed by atoms with Crippen LogP contribution in [-0.4, -0.2) is 41.2 Å². The van der Waals surface area contributed by atoms with E-state index in [1.54, 1.807) is 38.1 Å². The van der Waals surface area contributed by atoms with Crippen LogP contribution in [-0.2, 0) is 4.79 Å². The molecule has 1 saturated heterocycles. The average molecular weight is 340 g/mol. The lowest BCUT2D eigenvalue weighted by atomic mass is 9.77. The van der Waals surface area contributed by atoms with Gasteiger partial charge in [0, 0.05) is 24.7 Å². The Morgan fingerprint density at radius 1 is 1.39 bits per heavy atom. The van der Waals surface area contributed by atoms with Crippen molar-refractivity contribution in [1.29, 1.82) is 0 Å². The number of nitrogens with zero attached hydrogens (tertiary/aromatic N) is 1. The van der Waals surface area contributed by atoms with Gasteiger partial charge in [-0.3, -0.25) is 4.79 Å². The van der Waals surface area contributed by atoms with E-state index in [1.165, 1.54) is 0 Å². The second-order valence-corrected chi connectivity index (χ2v) is 7.31. The van der Waals surface area contributed by atoms with Gasteiger partial charge in [-0.15, -0.1) is 0 Å². The SMILES string of the molecule is CCC1(CO)CCN(C(=O)C(C)(C)Oc2cccc(Cl)c2)CC1. The molecular weight excluding hydrogens is 314 g/mol. The zero-order valence-electron chi connectivity index (χ0n) is 14.1. The van der Waals surface area contributed by atoms with E-state index in [1.807, 2.05) is 4.90 Å². The Bertz CT molecular complexity index is 545. The summed E-state index contributed by atoms with van der Waals surface area (Å²) in [4.78, 5) is 14.6. The van der Waals surface area contributed by atoms with Crippen LogP contribution in [0.1, 0.15) is 40.0 Å². The van der Waals surface area contributed by atoms with Crippen molar-refractivity contribution < 1.29 is 14.6 Å². The van der Waals surface area contributed by atoms with Crippen molar-refractivity contribution in [2.24, 2.45) is 5.41 Å². The highest BCUT2D eigenvalue weighted by Crippen LogP contribution is 2.35. The van der Waals surface area contributed by atoms with Gasteiger partial charge in [0.2, 0.25) is 0 Å². The summed E-state index contributed by atoms with van der Waals surface area (Å²) in [5.74, 6) is 0.561. The number of aliphatic hydroxyl groups excluding tert-OH is 1. The number of carbonyl (C=O) groups is 1. The molecule has 0 bridgehead atoms.